The summed E-state index contributed by atoms with van der Waals surface area (Å²) in [5, 5.41) is 3.02. The fourth-order valence-electron chi connectivity index (χ4n) is 2.30. The molecule has 0 aliphatic carbocycles. The molecule has 0 fully saturated rings. The van der Waals surface area contributed by atoms with Gasteiger partial charge in [-0.05, 0) is 66.0 Å². The number of amides is 1. The van der Waals surface area contributed by atoms with Gasteiger partial charge in [0.15, 0.2) is 0 Å². The molecule has 2 rings (SSSR count). The molecule has 3 N–H and O–H groups in total. The maximum atomic E-state index is 12.4. The first-order valence-electron chi connectivity index (χ1n) is 6.81. The third-order valence-electron chi connectivity index (χ3n) is 3.48. The minimum absolute atomic E-state index is 0.0641. The predicted molar refractivity (Wildman–Crippen MR) is 90.4 cm³/mol. The highest BCUT2D eigenvalue weighted by Crippen LogP contribution is 2.22. The minimum Gasteiger partial charge on any atom is -0.399 e. The van der Waals surface area contributed by atoms with Crippen molar-refractivity contribution in [3.63, 3.8) is 0 Å². The molecule has 4 heteroatoms. The highest BCUT2D eigenvalue weighted by molar-refractivity contribution is 9.10. The molecule has 110 valence electrons. The second kappa shape index (κ2) is 6.31. The number of nitrogens with two attached hydrogens (primary N) is 1. The fourth-order valence-corrected chi connectivity index (χ4v) is 2.72. The molecule has 0 aromatic heterocycles. The Morgan fingerprint density at radius 2 is 1.90 bits per heavy atom. The van der Waals surface area contributed by atoms with Gasteiger partial charge >= 0.3 is 0 Å². The number of carbonyl (C=O) groups excluding carboxylic acids is 1. The maximum absolute atomic E-state index is 12.4. The molecule has 21 heavy (non-hydrogen) atoms. The van der Waals surface area contributed by atoms with Crippen molar-refractivity contribution in [1.29, 1.82) is 0 Å². The van der Waals surface area contributed by atoms with Gasteiger partial charge < -0.3 is 11.1 Å². The number of nitrogens with one attached hydrogen (secondary N) is 1. The summed E-state index contributed by atoms with van der Waals surface area (Å²) in [6.45, 7) is 6.08. The van der Waals surface area contributed by atoms with Gasteiger partial charge in [-0.3, -0.25) is 4.79 Å². The Morgan fingerprint density at radius 3 is 2.62 bits per heavy atom. The van der Waals surface area contributed by atoms with Crippen LogP contribution in [-0.4, -0.2) is 5.91 Å². The van der Waals surface area contributed by atoms with Crippen LogP contribution in [0.2, 0.25) is 0 Å². The van der Waals surface area contributed by atoms with Crippen LogP contribution in [0.25, 0.3) is 0 Å². The fraction of sp³-hybridized carbons (Fsp3) is 0.235. The molecule has 0 radical (unpaired) electrons. The van der Waals surface area contributed by atoms with E-state index >= 15 is 0 Å². The summed E-state index contributed by atoms with van der Waals surface area (Å²) >= 11 is 3.39. The van der Waals surface area contributed by atoms with Gasteiger partial charge in [-0.15, -0.1) is 0 Å². The lowest BCUT2D eigenvalue weighted by molar-refractivity contribution is 0.0939. The van der Waals surface area contributed by atoms with Crippen LogP contribution in [0.1, 0.15) is 40.0 Å². The largest absolute Gasteiger partial charge is 0.399 e. The van der Waals surface area contributed by atoms with Gasteiger partial charge in [0.05, 0.1) is 11.6 Å². The number of benzene rings is 2. The Hall–Kier alpha value is -1.81. The number of carbonyl (C=O) groups is 1. The molecule has 0 saturated carbocycles. The van der Waals surface area contributed by atoms with E-state index in [0.29, 0.717) is 11.3 Å². The lowest BCUT2D eigenvalue weighted by Crippen LogP contribution is -2.27. The molecule has 1 atom stereocenters. The average Bonchev–Trinajstić information content (AvgIpc) is 2.43. The van der Waals surface area contributed by atoms with Gasteiger partial charge in [0.2, 0.25) is 0 Å². The average molecular weight is 347 g/mol. The molecule has 0 saturated heterocycles. The lowest BCUT2D eigenvalue weighted by Gasteiger charge is -2.18. The van der Waals surface area contributed by atoms with Gasteiger partial charge in [-0.2, -0.15) is 0 Å². The van der Waals surface area contributed by atoms with E-state index in [-0.39, 0.29) is 11.9 Å². The molecule has 0 spiro atoms. The van der Waals surface area contributed by atoms with E-state index in [4.69, 9.17) is 5.73 Å². The molecule has 2 aromatic carbocycles. The SMILES string of the molecule is Cc1ccc(C)c(C(C)NC(=O)c2cc(N)ccc2Br)c1. The van der Waals surface area contributed by atoms with Crippen LogP contribution >= 0.6 is 15.9 Å². The molecule has 0 bridgehead atoms. The van der Waals surface area contributed by atoms with E-state index in [0.717, 1.165) is 10.0 Å². The second-order valence-electron chi connectivity index (χ2n) is 5.29. The second-order valence-corrected chi connectivity index (χ2v) is 6.15. The van der Waals surface area contributed by atoms with Crippen molar-refractivity contribution in [2.24, 2.45) is 0 Å². The van der Waals surface area contributed by atoms with E-state index in [1.54, 1.807) is 18.2 Å². The Labute approximate surface area is 133 Å². The first-order valence-corrected chi connectivity index (χ1v) is 7.61. The van der Waals surface area contributed by atoms with Crippen molar-refractivity contribution < 1.29 is 4.79 Å². The smallest absolute Gasteiger partial charge is 0.252 e. The Balaban J connectivity index is 2.23. The lowest BCUT2D eigenvalue weighted by atomic mass is 9.99. The van der Waals surface area contributed by atoms with E-state index < -0.39 is 0 Å². The standard InChI is InChI=1S/C17H19BrN2O/c1-10-4-5-11(2)14(8-10)12(3)20-17(21)15-9-13(19)6-7-16(15)18/h4-9,12H,19H2,1-3H3,(H,20,21). The molecule has 0 aliphatic heterocycles. The number of anilines is 1. The van der Waals surface area contributed by atoms with Gasteiger partial charge in [-0.25, -0.2) is 0 Å². The molecule has 0 heterocycles. The van der Waals surface area contributed by atoms with E-state index in [9.17, 15) is 4.79 Å². The predicted octanol–water partition coefficient (Wildman–Crippen LogP) is 4.14. The van der Waals surface area contributed by atoms with Crippen LogP contribution in [-0.2, 0) is 0 Å². The van der Waals surface area contributed by atoms with E-state index in [2.05, 4.69) is 39.4 Å². The normalized spacial score (nSPS) is 12.0. The first kappa shape index (κ1) is 15.6. The molecule has 1 amide bonds. The van der Waals surface area contributed by atoms with Crippen LogP contribution < -0.4 is 11.1 Å². The monoisotopic (exact) mass is 346 g/mol. The van der Waals surface area contributed by atoms with E-state index in [1.165, 1.54) is 11.1 Å². The number of hydrogen-bond acceptors (Lipinski definition) is 2. The van der Waals surface area contributed by atoms with Crippen molar-refractivity contribution in [2.75, 3.05) is 5.73 Å². The van der Waals surface area contributed by atoms with Crippen LogP contribution in [0, 0.1) is 13.8 Å². The molecule has 2 aromatic rings. The first-order chi connectivity index (χ1) is 9.88. The summed E-state index contributed by atoms with van der Waals surface area (Å²) < 4.78 is 0.738. The quantitative estimate of drug-likeness (QED) is 0.820. The van der Waals surface area contributed by atoms with Crippen molar-refractivity contribution in [1.82, 2.24) is 5.32 Å². The molecule has 1 unspecified atom stereocenters. The summed E-state index contributed by atoms with van der Waals surface area (Å²) in [4.78, 5) is 12.4. The van der Waals surface area contributed by atoms with Gasteiger partial charge in [0, 0.05) is 10.2 Å². The third-order valence-corrected chi connectivity index (χ3v) is 4.18. The van der Waals surface area contributed by atoms with Crippen molar-refractivity contribution in [3.8, 4) is 0 Å². The maximum Gasteiger partial charge on any atom is 0.252 e. The summed E-state index contributed by atoms with van der Waals surface area (Å²) in [5.41, 5.74) is 10.3. The number of aryl methyl sites for hydroxylation is 2. The topological polar surface area (TPSA) is 55.1 Å². The van der Waals surface area contributed by atoms with E-state index in [1.807, 2.05) is 20.8 Å². The van der Waals surface area contributed by atoms with Crippen molar-refractivity contribution >= 4 is 27.5 Å². The zero-order chi connectivity index (χ0) is 15.6. The Kier molecular flexibility index (Phi) is 4.68. The van der Waals surface area contributed by atoms with Gasteiger partial charge in [0.1, 0.15) is 0 Å². The summed E-state index contributed by atoms with van der Waals surface area (Å²) in [7, 11) is 0. The summed E-state index contributed by atoms with van der Waals surface area (Å²) in [5.74, 6) is -0.136. The number of nitrogen functional groups attached to an aromatic ring is 1. The highest BCUT2D eigenvalue weighted by atomic mass is 79.9. The van der Waals surface area contributed by atoms with Crippen LogP contribution in [0.15, 0.2) is 40.9 Å². The zero-order valence-electron chi connectivity index (χ0n) is 12.4. The van der Waals surface area contributed by atoms with Crippen molar-refractivity contribution in [3.05, 3.63) is 63.1 Å². The third kappa shape index (κ3) is 3.64. The van der Waals surface area contributed by atoms with Gasteiger partial charge in [-0.1, -0.05) is 23.8 Å². The van der Waals surface area contributed by atoms with Crippen LogP contribution in [0.3, 0.4) is 0 Å². The number of hydrogen-bond donors (Lipinski definition) is 2. The zero-order valence-corrected chi connectivity index (χ0v) is 14.0. The highest BCUT2D eigenvalue weighted by Gasteiger charge is 2.15. The summed E-state index contributed by atoms with van der Waals surface area (Å²) in [6, 6.07) is 11.4. The van der Waals surface area contributed by atoms with Crippen molar-refractivity contribution in [2.45, 2.75) is 26.8 Å². The van der Waals surface area contributed by atoms with Crippen LogP contribution in [0.5, 0.6) is 0 Å². The number of halogens is 1. The molecular weight excluding hydrogens is 328 g/mol. The Morgan fingerprint density at radius 1 is 1.19 bits per heavy atom. The summed E-state index contributed by atoms with van der Waals surface area (Å²) in [6.07, 6.45) is 0. The molecular formula is C17H19BrN2O. The number of rotatable bonds is 3. The van der Waals surface area contributed by atoms with Gasteiger partial charge in [0.25, 0.3) is 5.91 Å². The Bertz CT molecular complexity index is 682. The molecule has 3 nitrogen and oxygen atoms in total. The van der Waals surface area contributed by atoms with Crippen LogP contribution in [0.4, 0.5) is 5.69 Å². The minimum atomic E-state index is -0.136. The molecule has 0 aliphatic rings.